The number of benzene rings is 2. The van der Waals surface area contributed by atoms with Gasteiger partial charge in [-0.2, -0.15) is 10.2 Å². The molecule has 1 aromatic heterocycles. The van der Waals surface area contributed by atoms with Crippen LogP contribution < -0.4 is 14.9 Å². The molecule has 147 valence electrons. The zero-order valence-corrected chi connectivity index (χ0v) is 16.4. The van der Waals surface area contributed by atoms with Crippen LogP contribution in [0.5, 0.6) is 11.5 Å². The molecule has 8 heteroatoms. The summed E-state index contributed by atoms with van der Waals surface area (Å²) in [4.78, 5) is 3.78. The Hall–Kier alpha value is -2.86. The zero-order valence-electron chi connectivity index (χ0n) is 14.8. The van der Waals surface area contributed by atoms with Gasteiger partial charge < -0.3 is 14.9 Å². The number of nitrogens with zero attached hydrogens (tertiary/aromatic N) is 3. The van der Waals surface area contributed by atoms with Crippen molar-refractivity contribution >= 4 is 23.7 Å². The summed E-state index contributed by atoms with van der Waals surface area (Å²) < 4.78 is 4.91. The molecule has 6 nitrogen and oxygen atoms in total. The SMILES string of the molecule is COc1cccc(/C=N/N=C(\[O-])c2ccc(Cl)cc2)c1[O-].[Cu+2].c1ccncc1. The van der Waals surface area contributed by atoms with Gasteiger partial charge in [0.1, 0.15) is 5.75 Å². The molecule has 0 aliphatic carbocycles. The molecule has 0 saturated carbocycles. The second-order valence-corrected chi connectivity index (χ2v) is 5.50. The maximum atomic E-state index is 11.8. The van der Waals surface area contributed by atoms with Crippen LogP contribution in [0.4, 0.5) is 0 Å². The molecule has 2 aromatic carbocycles. The Balaban J connectivity index is 0.000000478. The van der Waals surface area contributed by atoms with Gasteiger partial charge in [-0.15, -0.1) is 0 Å². The number of rotatable bonds is 4. The van der Waals surface area contributed by atoms with Gasteiger partial charge in [0.05, 0.1) is 13.3 Å². The largest absolute Gasteiger partial charge is 2.00 e. The fraction of sp³-hybridized carbons (Fsp3) is 0.0500. The number of halogens is 1. The maximum Gasteiger partial charge on any atom is 2.00 e. The van der Waals surface area contributed by atoms with Gasteiger partial charge in [-0.05, 0) is 41.5 Å². The standard InChI is InChI=1S/C15H13ClN2O3.C5H5N.Cu/c1-21-13-4-2-3-11(14(13)19)9-17-18-15(20)10-5-7-12(16)8-6-10;1-2-4-6-5-3-1;/h2-9,19H,1H3,(H,18,20);1-5H;/q;;+2/p-2/b17-9+;;. The molecule has 0 amide bonds. The summed E-state index contributed by atoms with van der Waals surface area (Å²) in [7, 11) is 1.41. The fourth-order valence-corrected chi connectivity index (χ4v) is 2.03. The van der Waals surface area contributed by atoms with Crippen molar-refractivity contribution in [3.63, 3.8) is 0 Å². The molecule has 0 spiro atoms. The van der Waals surface area contributed by atoms with Crippen LogP contribution in [0.1, 0.15) is 11.1 Å². The van der Waals surface area contributed by atoms with E-state index in [2.05, 4.69) is 15.2 Å². The second kappa shape index (κ2) is 12.5. The molecule has 1 heterocycles. The van der Waals surface area contributed by atoms with Gasteiger partial charge in [0, 0.05) is 23.3 Å². The van der Waals surface area contributed by atoms with E-state index < -0.39 is 5.90 Å². The number of ether oxygens (including phenoxy) is 1. The molecule has 0 aliphatic rings. The number of para-hydroxylation sites is 1. The third-order valence-corrected chi connectivity index (χ3v) is 3.48. The van der Waals surface area contributed by atoms with E-state index in [0.29, 0.717) is 16.1 Å². The van der Waals surface area contributed by atoms with Crippen molar-refractivity contribution in [2.45, 2.75) is 0 Å². The summed E-state index contributed by atoms with van der Waals surface area (Å²) in [5.41, 5.74) is 0.659. The Kier molecular flexibility index (Phi) is 10.4. The third kappa shape index (κ3) is 7.40. The number of hydrogen-bond donors (Lipinski definition) is 0. The van der Waals surface area contributed by atoms with E-state index in [9.17, 15) is 10.2 Å². The van der Waals surface area contributed by atoms with Crippen LogP contribution >= 0.6 is 11.6 Å². The fourth-order valence-electron chi connectivity index (χ4n) is 1.90. The third-order valence-electron chi connectivity index (χ3n) is 3.23. The van der Waals surface area contributed by atoms with Gasteiger partial charge in [-0.3, -0.25) is 4.98 Å². The van der Waals surface area contributed by atoms with Crippen LogP contribution in [0.3, 0.4) is 0 Å². The first-order chi connectivity index (χ1) is 13.1. The van der Waals surface area contributed by atoms with E-state index in [1.807, 2.05) is 18.2 Å². The predicted octanol–water partition coefficient (Wildman–Crippen LogP) is 2.64. The van der Waals surface area contributed by atoms with Crippen molar-refractivity contribution in [2.75, 3.05) is 7.11 Å². The summed E-state index contributed by atoms with van der Waals surface area (Å²) in [6, 6.07) is 16.8. The minimum atomic E-state index is -0.515. The van der Waals surface area contributed by atoms with Gasteiger partial charge in [0.15, 0.2) is 0 Å². The zero-order chi connectivity index (χ0) is 19.5. The van der Waals surface area contributed by atoms with Crippen LogP contribution in [-0.2, 0) is 17.1 Å². The number of hydrogen-bond acceptors (Lipinski definition) is 6. The van der Waals surface area contributed by atoms with Crippen LogP contribution in [0.25, 0.3) is 0 Å². The normalized spacial score (nSPS) is 10.6. The summed E-state index contributed by atoms with van der Waals surface area (Å²) in [6.07, 6.45) is 4.72. The number of pyridine rings is 1. The molecule has 0 bridgehead atoms. The van der Waals surface area contributed by atoms with E-state index in [0.717, 1.165) is 0 Å². The maximum absolute atomic E-state index is 11.8. The van der Waals surface area contributed by atoms with Crippen molar-refractivity contribution in [2.24, 2.45) is 10.2 Å². The Bertz CT molecular complexity index is 878. The molecule has 3 rings (SSSR count). The van der Waals surface area contributed by atoms with Crippen LogP contribution in [0, 0.1) is 0 Å². The first-order valence-electron chi connectivity index (χ1n) is 7.85. The molecule has 0 unspecified atom stereocenters. The first kappa shape index (κ1) is 23.2. The molecule has 0 saturated heterocycles. The average molecular weight is 445 g/mol. The average Bonchev–Trinajstić information content (AvgIpc) is 2.71. The summed E-state index contributed by atoms with van der Waals surface area (Å²) >= 11 is 5.73. The Labute approximate surface area is 178 Å². The van der Waals surface area contributed by atoms with Crippen molar-refractivity contribution < 1.29 is 32.0 Å². The second-order valence-electron chi connectivity index (χ2n) is 5.06. The number of methoxy groups -OCH3 is 1. The van der Waals surface area contributed by atoms with Gasteiger partial charge in [-0.25, -0.2) is 0 Å². The summed E-state index contributed by atoms with van der Waals surface area (Å²) in [6.45, 7) is 0. The van der Waals surface area contributed by atoms with E-state index in [-0.39, 0.29) is 28.6 Å². The van der Waals surface area contributed by atoms with Crippen molar-refractivity contribution in [3.05, 3.63) is 89.2 Å². The van der Waals surface area contributed by atoms with E-state index >= 15 is 0 Å². The minimum Gasteiger partial charge on any atom is -0.870 e. The monoisotopic (exact) mass is 444 g/mol. The number of aromatic nitrogens is 1. The van der Waals surface area contributed by atoms with Crippen LogP contribution in [-0.4, -0.2) is 24.2 Å². The minimum absolute atomic E-state index is 0. The van der Waals surface area contributed by atoms with Gasteiger partial charge in [0.25, 0.3) is 0 Å². The van der Waals surface area contributed by atoms with Gasteiger partial charge >= 0.3 is 17.1 Å². The molecule has 0 atom stereocenters. The van der Waals surface area contributed by atoms with Gasteiger partial charge in [0.2, 0.25) is 0 Å². The molecular formula is C20H16ClCuN3O3. The summed E-state index contributed by atoms with van der Waals surface area (Å²) in [5, 5.41) is 31.2. The molecular weight excluding hydrogens is 429 g/mol. The quantitative estimate of drug-likeness (QED) is 0.267. The molecule has 0 fully saturated rings. The molecule has 1 radical (unpaired) electrons. The van der Waals surface area contributed by atoms with E-state index in [4.69, 9.17) is 16.3 Å². The van der Waals surface area contributed by atoms with Crippen molar-refractivity contribution in [1.29, 1.82) is 0 Å². The topological polar surface area (TPSA) is 93.0 Å². The van der Waals surface area contributed by atoms with Crippen molar-refractivity contribution in [1.82, 2.24) is 4.98 Å². The first-order valence-corrected chi connectivity index (χ1v) is 8.22. The van der Waals surface area contributed by atoms with E-state index in [1.54, 1.807) is 54.9 Å². The Morgan fingerprint density at radius 3 is 2.25 bits per heavy atom. The molecule has 0 N–H and O–H groups in total. The Morgan fingerprint density at radius 1 is 1.04 bits per heavy atom. The van der Waals surface area contributed by atoms with Crippen LogP contribution in [0.15, 0.2) is 83.3 Å². The Morgan fingerprint density at radius 2 is 1.71 bits per heavy atom. The molecule has 0 aliphatic heterocycles. The molecule has 28 heavy (non-hydrogen) atoms. The van der Waals surface area contributed by atoms with Crippen molar-refractivity contribution in [3.8, 4) is 11.5 Å². The summed E-state index contributed by atoms with van der Waals surface area (Å²) in [5.74, 6) is -0.612. The smallest absolute Gasteiger partial charge is 0.870 e. The van der Waals surface area contributed by atoms with Crippen LogP contribution in [0.2, 0.25) is 5.02 Å². The molecule has 3 aromatic rings. The van der Waals surface area contributed by atoms with E-state index in [1.165, 1.54) is 13.3 Å². The predicted molar refractivity (Wildman–Crippen MR) is 102 cm³/mol. The van der Waals surface area contributed by atoms with Gasteiger partial charge in [-0.1, -0.05) is 47.7 Å².